The highest BCUT2D eigenvalue weighted by atomic mass is 32.2. The predicted molar refractivity (Wildman–Crippen MR) is 121 cm³/mol. The van der Waals surface area contributed by atoms with Crippen molar-refractivity contribution < 1.29 is 26.9 Å². The van der Waals surface area contributed by atoms with Crippen molar-refractivity contribution in [1.29, 1.82) is 0 Å². The number of ether oxygens (including phenoxy) is 1. The Hall–Kier alpha value is -3.17. The van der Waals surface area contributed by atoms with E-state index in [2.05, 4.69) is 5.32 Å². The quantitative estimate of drug-likeness (QED) is 0.390. The molecule has 0 bridgehead atoms. The Morgan fingerprint density at radius 2 is 1.78 bits per heavy atom. The molecule has 168 valence electrons. The van der Waals surface area contributed by atoms with Gasteiger partial charge in [-0.15, -0.1) is 11.3 Å². The maximum atomic E-state index is 12.6. The smallest absolute Gasteiger partial charge is 0.339 e. The number of thiophene rings is 1. The summed E-state index contributed by atoms with van der Waals surface area (Å²) in [5, 5.41) is 4.67. The Morgan fingerprint density at radius 3 is 2.44 bits per heavy atom. The Labute approximate surface area is 191 Å². The topological polar surface area (TPSA) is 98.8 Å². The minimum absolute atomic E-state index is 0.0602. The lowest BCUT2D eigenvalue weighted by Gasteiger charge is -2.12. The predicted octanol–water partition coefficient (Wildman–Crippen LogP) is 4.17. The molecular weight excluding hydrogens is 450 g/mol. The lowest BCUT2D eigenvalue weighted by molar-refractivity contribution is -0.124. The first kappa shape index (κ1) is 23.5. The van der Waals surface area contributed by atoms with Gasteiger partial charge in [0, 0.05) is 4.88 Å². The fourth-order valence-corrected chi connectivity index (χ4v) is 4.88. The van der Waals surface area contributed by atoms with Crippen LogP contribution in [0.4, 0.5) is 0 Å². The van der Waals surface area contributed by atoms with Crippen molar-refractivity contribution in [1.82, 2.24) is 5.32 Å². The van der Waals surface area contributed by atoms with Gasteiger partial charge in [0.15, 0.2) is 6.61 Å². The van der Waals surface area contributed by atoms with Gasteiger partial charge in [0.25, 0.3) is 5.91 Å². The average Bonchev–Trinajstić information content (AvgIpc) is 3.29. The fraction of sp³-hybridized carbons (Fsp3) is 0.217. The van der Waals surface area contributed by atoms with Crippen LogP contribution in [0.15, 0.2) is 64.9 Å². The zero-order valence-electron chi connectivity index (χ0n) is 17.8. The molecule has 0 aliphatic rings. The third-order valence-corrected chi connectivity index (χ3v) is 7.04. The molecule has 0 aliphatic carbocycles. The van der Waals surface area contributed by atoms with Gasteiger partial charge < -0.3 is 14.2 Å². The molecule has 7 nitrogen and oxygen atoms in total. The molecule has 1 N–H and O–H groups in total. The highest BCUT2D eigenvalue weighted by Crippen LogP contribution is 2.23. The summed E-state index contributed by atoms with van der Waals surface area (Å²) in [5.74, 6) is -1.06. The van der Waals surface area contributed by atoms with Gasteiger partial charge in [-0.05, 0) is 73.7 Å². The zero-order chi connectivity index (χ0) is 23.3. The Bertz CT molecular complexity index is 1200. The number of nitrogens with one attached hydrogen (secondary N) is 1. The summed E-state index contributed by atoms with van der Waals surface area (Å²) in [6.45, 7) is 4.90. The van der Waals surface area contributed by atoms with E-state index in [1.165, 1.54) is 35.6 Å². The van der Waals surface area contributed by atoms with Crippen LogP contribution in [0.1, 0.15) is 39.3 Å². The molecule has 2 aromatic carbocycles. The maximum absolute atomic E-state index is 12.6. The molecule has 9 heteroatoms. The number of hydrogen-bond donors (Lipinski definition) is 1. The van der Waals surface area contributed by atoms with Crippen LogP contribution in [-0.2, 0) is 19.6 Å². The van der Waals surface area contributed by atoms with E-state index in [0.29, 0.717) is 5.56 Å². The highest BCUT2D eigenvalue weighted by Gasteiger charge is 2.20. The summed E-state index contributed by atoms with van der Waals surface area (Å²) < 4.78 is 35.4. The minimum Gasteiger partial charge on any atom is -0.452 e. The van der Waals surface area contributed by atoms with E-state index in [-0.39, 0.29) is 22.3 Å². The first-order chi connectivity index (χ1) is 15.2. The lowest BCUT2D eigenvalue weighted by atomic mass is 10.2. The summed E-state index contributed by atoms with van der Waals surface area (Å²) in [6, 6.07) is 14.2. The van der Waals surface area contributed by atoms with Gasteiger partial charge in [-0.2, -0.15) is 8.42 Å². The van der Waals surface area contributed by atoms with Crippen molar-refractivity contribution in [3.63, 3.8) is 0 Å². The number of carbonyl (C=O) groups excluding carboxylic acids is 2. The fourth-order valence-electron chi connectivity index (χ4n) is 2.90. The van der Waals surface area contributed by atoms with Crippen LogP contribution in [0, 0.1) is 13.8 Å². The van der Waals surface area contributed by atoms with E-state index >= 15 is 0 Å². The summed E-state index contributed by atoms with van der Waals surface area (Å²) in [7, 11) is -4.02. The van der Waals surface area contributed by atoms with E-state index in [9.17, 15) is 18.0 Å². The van der Waals surface area contributed by atoms with Crippen molar-refractivity contribution >= 4 is 33.3 Å². The molecule has 1 unspecified atom stereocenters. The summed E-state index contributed by atoms with van der Waals surface area (Å²) in [5.41, 5.74) is 1.53. The zero-order valence-corrected chi connectivity index (χ0v) is 19.5. The molecule has 0 saturated carbocycles. The maximum Gasteiger partial charge on any atom is 0.339 e. The van der Waals surface area contributed by atoms with Crippen LogP contribution in [0.3, 0.4) is 0 Å². The van der Waals surface area contributed by atoms with Gasteiger partial charge in [-0.25, -0.2) is 4.79 Å². The molecule has 1 heterocycles. The molecule has 32 heavy (non-hydrogen) atoms. The van der Waals surface area contributed by atoms with Crippen molar-refractivity contribution in [2.75, 3.05) is 6.61 Å². The highest BCUT2D eigenvalue weighted by molar-refractivity contribution is 7.87. The number of amides is 1. The molecule has 0 fully saturated rings. The Morgan fingerprint density at radius 1 is 1.06 bits per heavy atom. The van der Waals surface area contributed by atoms with E-state index < -0.39 is 28.6 Å². The van der Waals surface area contributed by atoms with Crippen LogP contribution < -0.4 is 9.50 Å². The number of benzene rings is 2. The minimum atomic E-state index is -4.02. The molecular formula is C23H23NO6S2. The van der Waals surface area contributed by atoms with Gasteiger partial charge >= 0.3 is 16.1 Å². The third-order valence-electron chi connectivity index (χ3n) is 4.59. The number of esters is 1. The van der Waals surface area contributed by atoms with Crippen molar-refractivity contribution in [3.05, 3.63) is 81.5 Å². The van der Waals surface area contributed by atoms with Crippen LogP contribution in [0.25, 0.3) is 0 Å². The number of carbonyl (C=O) groups is 2. The number of aryl methyl sites for hydroxylation is 2. The van der Waals surface area contributed by atoms with Gasteiger partial charge in [0.1, 0.15) is 10.6 Å². The summed E-state index contributed by atoms with van der Waals surface area (Å²) >= 11 is 1.52. The van der Waals surface area contributed by atoms with Crippen LogP contribution in [-0.4, -0.2) is 26.9 Å². The summed E-state index contributed by atoms with van der Waals surface area (Å²) in [6.07, 6.45) is 0. The van der Waals surface area contributed by atoms with Crippen molar-refractivity contribution in [3.8, 4) is 5.75 Å². The normalized spacial score (nSPS) is 12.1. The van der Waals surface area contributed by atoms with Gasteiger partial charge in [0.05, 0.1) is 11.6 Å². The lowest BCUT2D eigenvalue weighted by Crippen LogP contribution is -2.30. The number of rotatable bonds is 8. The van der Waals surface area contributed by atoms with Gasteiger partial charge in [0.2, 0.25) is 0 Å². The van der Waals surface area contributed by atoms with Crippen LogP contribution in [0.5, 0.6) is 5.75 Å². The first-order valence-electron chi connectivity index (χ1n) is 9.77. The average molecular weight is 474 g/mol. The first-order valence-corrected chi connectivity index (χ1v) is 12.1. The monoisotopic (exact) mass is 473 g/mol. The molecule has 1 amide bonds. The third kappa shape index (κ3) is 5.95. The SMILES string of the molecule is Cc1ccc(C)c(S(=O)(=O)Oc2ccc(C(=O)OCC(=O)NC(C)c3cccs3)cc2)c1. The van der Waals surface area contributed by atoms with E-state index in [1.807, 2.05) is 30.5 Å². The molecule has 0 spiro atoms. The second kappa shape index (κ2) is 9.97. The summed E-state index contributed by atoms with van der Waals surface area (Å²) in [4.78, 5) is 25.3. The largest absolute Gasteiger partial charge is 0.452 e. The molecule has 1 atom stereocenters. The van der Waals surface area contributed by atoms with E-state index in [0.717, 1.165) is 10.4 Å². The van der Waals surface area contributed by atoms with Crippen LogP contribution in [0.2, 0.25) is 0 Å². The molecule has 3 rings (SSSR count). The van der Waals surface area contributed by atoms with Crippen molar-refractivity contribution in [2.24, 2.45) is 0 Å². The van der Waals surface area contributed by atoms with Gasteiger partial charge in [-0.3, -0.25) is 4.79 Å². The van der Waals surface area contributed by atoms with Gasteiger partial charge in [-0.1, -0.05) is 18.2 Å². The van der Waals surface area contributed by atoms with E-state index in [1.54, 1.807) is 26.0 Å². The molecule has 0 radical (unpaired) electrons. The second-order valence-corrected chi connectivity index (χ2v) is 9.71. The molecule has 3 aromatic rings. The Kier molecular flexibility index (Phi) is 7.32. The van der Waals surface area contributed by atoms with Crippen molar-refractivity contribution in [2.45, 2.75) is 31.7 Å². The number of hydrogen-bond acceptors (Lipinski definition) is 7. The molecule has 0 aliphatic heterocycles. The standard InChI is InChI=1S/C23H23NO6S2/c1-15-6-7-16(2)21(13-15)32(27,28)30-19-10-8-18(9-11-19)23(26)29-14-22(25)24-17(3)20-5-4-12-31-20/h4-13,17H,14H2,1-3H3,(H,24,25). The van der Waals surface area contributed by atoms with Crippen LogP contribution >= 0.6 is 11.3 Å². The molecule has 0 saturated heterocycles. The molecule has 1 aromatic heterocycles. The Balaban J connectivity index is 1.57. The second-order valence-electron chi connectivity index (χ2n) is 7.21. The van der Waals surface area contributed by atoms with E-state index in [4.69, 9.17) is 8.92 Å².